The van der Waals surface area contributed by atoms with Gasteiger partial charge in [-0.1, -0.05) is 36.4 Å². The normalized spacial score (nSPS) is 10.0. The molecule has 1 aromatic heterocycles. The van der Waals surface area contributed by atoms with E-state index in [0.29, 0.717) is 19.0 Å². The van der Waals surface area contributed by atoms with E-state index in [-0.39, 0.29) is 0 Å². The van der Waals surface area contributed by atoms with Crippen LogP contribution in [0.15, 0.2) is 53.7 Å². The van der Waals surface area contributed by atoms with Crippen LogP contribution in [0, 0.1) is 0 Å². The highest BCUT2D eigenvalue weighted by molar-refractivity contribution is 5.79. The van der Waals surface area contributed by atoms with Crippen LogP contribution >= 0.6 is 0 Å². The largest absolute Gasteiger partial charge is 0.473 e. The van der Waals surface area contributed by atoms with Crippen LogP contribution in [-0.4, -0.2) is 24.0 Å². The minimum Gasteiger partial charge on any atom is -0.473 e. The minimum absolute atomic E-state index is 0.502. The molecule has 2 aromatic rings. The van der Waals surface area contributed by atoms with Crippen molar-refractivity contribution >= 4 is 5.96 Å². The Balaban J connectivity index is 2.03. The zero-order valence-electron chi connectivity index (χ0n) is 13.7. The van der Waals surface area contributed by atoms with Gasteiger partial charge in [-0.25, -0.2) is 9.98 Å². The number of aromatic nitrogens is 1. The molecule has 5 heteroatoms. The summed E-state index contributed by atoms with van der Waals surface area (Å²) in [7, 11) is 0. The van der Waals surface area contributed by atoms with Crippen LogP contribution in [0.1, 0.15) is 25.0 Å². The Morgan fingerprint density at radius 3 is 2.48 bits per heavy atom. The Bertz CT molecular complexity index is 605. The Morgan fingerprint density at radius 2 is 1.78 bits per heavy atom. The van der Waals surface area contributed by atoms with Gasteiger partial charge in [0.15, 0.2) is 5.96 Å². The number of pyridine rings is 1. The van der Waals surface area contributed by atoms with Gasteiger partial charge in [-0.2, -0.15) is 0 Å². The van der Waals surface area contributed by atoms with Crippen molar-refractivity contribution in [1.29, 1.82) is 0 Å². The second-order valence-electron chi connectivity index (χ2n) is 4.97. The van der Waals surface area contributed by atoms with E-state index in [1.54, 1.807) is 6.20 Å². The van der Waals surface area contributed by atoms with Crippen LogP contribution in [0.5, 0.6) is 5.88 Å². The first-order valence-electron chi connectivity index (χ1n) is 7.96. The fraction of sp³-hybridized carbons (Fsp3) is 0.333. The second-order valence-corrected chi connectivity index (χ2v) is 4.97. The summed E-state index contributed by atoms with van der Waals surface area (Å²) < 4.78 is 5.85. The molecule has 1 aromatic carbocycles. The molecule has 0 aliphatic rings. The summed E-state index contributed by atoms with van der Waals surface area (Å²) in [5, 5.41) is 6.42. The third-order valence-corrected chi connectivity index (χ3v) is 3.16. The molecule has 2 N–H and O–H groups in total. The van der Waals surface area contributed by atoms with Crippen molar-refractivity contribution in [2.24, 2.45) is 4.99 Å². The number of benzene rings is 1. The van der Waals surface area contributed by atoms with Crippen molar-refractivity contribution in [2.45, 2.75) is 27.0 Å². The molecule has 122 valence electrons. The molecule has 23 heavy (non-hydrogen) atoms. The van der Waals surface area contributed by atoms with E-state index < -0.39 is 0 Å². The van der Waals surface area contributed by atoms with Crippen LogP contribution in [0.3, 0.4) is 0 Å². The minimum atomic E-state index is 0.502. The Kier molecular flexibility index (Phi) is 6.91. The van der Waals surface area contributed by atoms with E-state index in [4.69, 9.17) is 4.74 Å². The molecule has 5 nitrogen and oxygen atoms in total. The van der Waals surface area contributed by atoms with Crippen LogP contribution in [0.4, 0.5) is 0 Å². The lowest BCUT2D eigenvalue weighted by Crippen LogP contribution is -2.36. The molecule has 0 amide bonds. The van der Waals surface area contributed by atoms with Gasteiger partial charge in [0, 0.05) is 24.8 Å². The predicted octanol–water partition coefficient (Wildman–Crippen LogP) is 2.74. The fourth-order valence-electron chi connectivity index (χ4n) is 2.07. The zero-order valence-corrected chi connectivity index (χ0v) is 13.7. The maximum absolute atomic E-state index is 5.85. The van der Waals surface area contributed by atoms with E-state index in [1.165, 1.54) is 0 Å². The standard InChI is InChI=1S/C18H24N4O/c1-3-19-18(20-4-2)22-13-16-11-8-12-21-17(16)23-14-15-9-6-5-7-10-15/h5-12H,3-4,13-14H2,1-2H3,(H2,19,20,22). The first-order chi connectivity index (χ1) is 11.3. The Morgan fingerprint density at radius 1 is 1.04 bits per heavy atom. The van der Waals surface area contributed by atoms with Crippen LogP contribution in [0.2, 0.25) is 0 Å². The lowest BCUT2D eigenvalue weighted by atomic mass is 10.2. The van der Waals surface area contributed by atoms with Gasteiger partial charge in [0.2, 0.25) is 5.88 Å². The van der Waals surface area contributed by atoms with Crippen molar-refractivity contribution in [1.82, 2.24) is 15.6 Å². The van der Waals surface area contributed by atoms with E-state index in [9.17, 15) is 0 Å². The molecule has 0 fully saturated rings. The predicted molar refractivity (Wildman–Crippen MR) is 93.5 cm³/mol. The number of nitrogens with one attached hydrogen (secondary N) is 2. The van der Waals surface area contributed by atoms with Gasteiger partial charge < -0.3 is 15.4 Å². The number of hydrogen-bond donors (Lipinski definition) is 2. The average Bonchev–Trinajstić information content (AvgIpc) is 2.60. The molecular formula is C18H24N4O. The number of guanidine groups is 1. The summed E-state index contributed by atoms with van der Waals surface area (Å²) >= 11 is 0. The summed E-state index contributed by atoms with van der Waals surface area (Å²) in [4.78, 5) is 8.89. The van der Waals surface area contributed by atoms with Gasteiger partial charge in [0.1, 0.15) is 6.61 Å². The third kappa shape index (κ3) is 5.62. The third-order valence-electron chi connectivity index (χ3n) is 3.16. The molecule has 0 bridgehead atoms. The molecule has 0 unspecified atom stereocenters. The Hall–Kier alpha value is -2.56. The smallest absolute Gasteiger partial charge is 0.218 e. The van der Waals surface area contributed by atoms with E-state index >= 15 is 0 Å². The van der Waals surface area contributed by atoms with Gasteiger partial charge in [0.05, 0.1) is 6.54 Å². The number of aliphatic imine (C=N–C) groups is 1. The quantitative estimate of drug-likeness (QED) is 0.610. The van der Waals surface area contributed by atoms with Gasteiger partial charge >= 0.3 is 0 Å². The molecular weight excluding hydrogens is 288 g/mol. The molecule has 0 aliphatic carbocycles. The molecule has 0 saturated carbocycles. The average molecular weight is 312 g/mol. The molecule has 0 radical (unpaired) electrons. The molecule has 0 saturated heterocycles. The highest BCUT2D eigenvalue weighted by atomic mass is 16.5. The molecule has 0 atom stereocenters. The van der Waals surface area contributed by atoms with Crippen LogP contribution in [-0.2, 0) is 13.2 Å². The molecule has 1 heterocycles. The summed E-state index contributed by atoms with van der Waals surface area (Å²) in [5.41, 5.74) is 2.09. The monoisotopic (exact) mass is 312 g/mol. The van der Waals surface area contributed by atoms with Crippen molar-refractivity contribution in [2.75, 3.05) is 13.1 Å². The summed E-state index contributed by atoms with van der Waals surface area (Å²) in [6.07, 6.45) is 1.74. The lowest BCUT2D eigenvalue weighted by Gasteiger charge is -2.11. The van der Waals surface area contributed by atoms with Gasteiger partial charge in [-0.3, -0.25) is 0 Å². The first-order valence-corrected chi connectivity index (χ1v) is 7.96. The molecule has 0 spiro atoms. The summed E-state index contributed by atoms with van der Waals surface area (Å²) in [5.74, 6) is 1.43. The Labute approximate surface area is 137 Å². The van der Waals surface area contributed by atoms with Gasteiger partial charge in [-0.15, -0.1) is 0 Å². The van der Waals surface area contributed by atoms with Crippen LogP contribution < -0.4 is 15.4 Å². The van der Waals surface area contributed by atoms with Crippen molar-refractivity contribution in [3.05, 3.63) is 59.8 Å². The first kappa shape index (κ1) is 16.8. The number of ether oxygens (including phenoxy) is 1. The maximum atomic E-state index is 5.85. The lowest BCUT2D eigenvalue weighted by molar-refractivity contribution is 0.290. The highest BCUT2D eigenvalue weighted by Gasteiger charge is 2.05. The van der Waals surface area contributed by atoms with Crippen molar-refractivity contribution in [3.8, 4) is 5.88 Å². The second kappa shape index (κ2) is 9.46. The molecule has 2 rings (SSSR count). The van der Waals surface area contributed by atoms with Gasteiger partial charge in [0.25, 0.3) is 0 Å². The maximum Gasteiger partial charge on any atom is 0.218 e. The van der Waals surface area contributed by atoms with Crippen molar-refractivity contribution < 1.29 is 4.74 Å². The number of rotatable bonds is 7. The highest BCUT2D eigenvalue weighted by Crippen LogP contribution is 2.17. The van der Waals surface area contributed by atoms with Gasteiger partial charge in [-0.05, 0) is 25.5 Å². The summed E-state index contributed by atoms with van der Waals surface area (Å²) in [6, 6.07) is 14.0. The SMILES string of the molecule is CCNC(=NCc1cccnc1OCc1ccccc1)NCC. The number of nitrogens with zero attached hydrogens (tertiary/aromatic N) is 2. The van der Waals surface area contributed by atoms with Crippen molar-refractivity contribution in [3.63, 3.8) is 0 Å². The van der Waals surface area contributed by atoms with Crippen LogP contribution in [0.25, 0.3) is 0 Å². The number of hydrogen-bond acceptors (Lipinski definition) is 3. The van der Waals surface area contributed by atoms with E-state index in [0.717, 1.165) is 30.2 Å². The molecule has 0 aliphatic heterocycles. The van der Waals surface area contributed by atoms with E-state index in [1.807, 2.05) is 56.3 Å². The van der Waals surface area contributed by atoms with E-state index in [2.05, 4.69) is 20.6 Å². The zero-order chi connectivity index (χ0) is 16.3. The topological polar surface area (TPSA) is 58.5 Å². The fourth-order valence-corrected chi connectivity index (χ4v) is 2.07. The summed E-state index contributed by atoms with van der Waals surface area (Å²) in [6.45, 7) is 6.78.